The molecule has 0 N–H and O–H groups in total. The largest absolute Gasteiger partial charge is 0.467 e. The number of hydrogen-bond acceptors (Lipinski definition) is 5. The van der Waals surface area contributed by atoms with Gasteiger partial charge in [0.15, 0.2) is 5.78 Å². The van der Waals surface area contributed by atoms with Crippen LogP contribution in [0.4, 0.5) is 13.2 Å². The van der Waals surface area contributed by atoms with E-state index in [0.29, 0.717) is 17.7 Å². The number of halogens is 3. The molecule has 0 radical (unpaired) electrons. The number of thioether (sulfide) groups is 1. The van der Waals surface area contributed by atoms with E-state index in [0.717, 1.165) is 6.08 Å². The maximum Gasteiger partial charge on any atom is 0.420 e. The summed E-state index contributed by atoms with van der Waals surface area (Å²) in [4.78, 5) is 25.1. The van der Waals surface area contributed by atoms with Crippen LogP contribution in [0.5, 0.6) is 0 Å². The lowest BCUT2D eigenvalue weighted by Gasteiger charge is -2.25. The van der Waals surface area contributed by atoms with Crippen molar-refractivity contribution < 1.29 is 27.5 Å². The van der Waals surface area contributed by atoms with Crippen LogP contribution in [0.3, 0.4) is 0 Å². The zero-order valence-corrected chi connectivity index (χ0v) is 13.5. The maximum atomic E-state index is 13.1. The molecule has 0 aromatic heterocycles. The van der Waals surface area contributed by atoms with E-state index >= 15 is 0 Å². The minimum Gasteiger partial charge on any atom is -0.467 e. The Morgan fingerprint density at radius 1 is 1.43 bits per heavy atom. The fourth-order valence-electron chi connectivity index (χ4n) is 2.64. The Bertz CT molecular complexity index is 608. The van der Waals surface area contributed by atoms with Crippen molar-refractivity contribution in [2.45, 2.75) is 18.6 Å². The first-order valence-corrected chi connectivity index (χ1v) is 8.26. The standard InChI is InChI=1S/C15H16F3NO3S/c1-22-14(21)11(5-6-23-2)19-7-9-3-4-12(20)13(10(9)8-19)15(16,17)18/h3-4,7,11H,5-6,8H2,1-2H3/t11-/m0/s1. The molecule has 23 heavy (non-hydrogen) atoms. The van der Waals surface area contributed by atoms with E-state index in [9.17, 15) is 22.8 Å². The zero-order chi connectivity index (χ0) is 17.2. The fraction of sp³-hybridized carbons (Fsp3) is 0.467. The Morgan fingerprint density at radius 3 is 2.70 bits per heavy atom. The molecule has 2 rings (SSSR count). The molecule has 1 heterocycles. The van der Waals surface area contributed by atoms with Gasteiger partial charge in [0.1, 0.15) is 11.6 Å². The van der Waals surface area contributed by atoms with Crippen LogP contribution in [0, 0.1) is 0 Å². The summed E-state index contributed by atoms with van der Waals surface area (Å²) in [5, 5.41) is 0. The Kier molecular flexibility index (Phi) is 5.23. The van der Waals surface area contributed by atoms with Gasteiger partial charge >= 0.3 is 12.1 Å². The van der Waals surface area contributed by atoms with Gasteiger partial charge in [-0.3, -0.25) is 4.79 Å². The van der Waals surface area contributed by atoms with Crippen molar-refractivity contribution in [3.05, 3.63) is 35.1 Å². The van der Waals surface area contributed by atoms with Crippen molar-refractivity contribution in [1.29, 1.82) is 0 Å². The van der Waals surface area contributed by atoms with Crippen molar-refractivity contribution in [2.24, 2.45) is 0 Å². The number of esters is 1. The molecule has 0 aromatic rings. The highest BCUT2D eigenvalue weighted by atomic mass is 32.2. The molecule has 0 bridgehead atoms. The normalized spacial score (nSPS) is 18.9. The highest BCUT2D eigenvalue weighted by molar-refractivity contribution is 7.98. The molecule has 0 saturated heterocycles. The zero-order valence-electron chi connectivity index (χ0n) is 12.6. The number of nitrogens with zero attached hydrogens (tertiary/aromatic N) is 1. The van der Waals surface area contributed by atoms with Gasteiger partial charge in [-0.25, -0.2) is 4.79 Å². The van der Waals surface area contributed by atoms with E-state index in [1.54, 1.807) is 0 Å². The minimum absolute atomic E-state index is 0.0805. The van der Waals surface area contributed by atoms with Gasteiger partial charge in [-0.05, 0) is 41.7 Å². The first kappa shape index (κ1) is 17.7. The first-order chi connectivity index (χ1) is 10.8. The minimum atomic E-state index is -4.72. The topological polar surface area (TPSA) is 46.6 Å². The molecule has 0 aromatic carbocycles. The molecule has 0 fully saturated rings. The average molecular weight is 347 g/mol. The molecule has 1 aliphatic carbocycles. The van der Waals surface area contributed by atoms with E-state index in [2.05, 4.69) is 0 Å². The molecule has 1 atom stereocenters. The smallest absolute Gasteiger partial charge is 0.420 e. The molecular formula is C15H16F3NO3S. The van der Waals surface area contributed by atoms with Crippen molar-refractivity contribution in [3.63, 3.8) is 0 Å². The summed E-state index contributed by atoms with van der Waals surface area (Å²) in [6, 6.07) is -0.670. The van der Waals surface area contributed by atoms with E-state index in [-0.39, 0.29) is 12.1 Å². The number of alkyl halides is 3. The molecule has 4 nitrogen and oxygen atoms in total. The lowest BCUT2D eigenvalue weighted by Crippen LogP contribution is -2.38. The van der Waals surface area contributed by atoms with Crippen molar-refractivity contribution in [2.75, 3.05) is 25.7 Å². The molecule has 0 unspecified atom stereocenters. The summed E-state index contributed by atoms with van der Waals surface area (Å²) in [5.74, 6) is -0.886. The maximum absolute atomic E-state index is 13.1. The third-order valence-corrected chi connectivity index (χ3v) is 4.35. The Labute approximate surface area is 136 Å². The molecule has 0 spiro atoms. The predicted molar refractivity (Wildman–Crippen MR) is 80.8 cm³/mol. The molecule has 2 aliphatic rings. The summed E-state index contributed by atoms with van der Waals surface area (Å²) in [6.07, 6.45) is 1.37. The van der Waals surface area contributed by atoms with Crippen LogP contribution in [0.15, 0.2) is 35.1 Å². The number of ketones is 1. The second-order valence-electron chi connectivity index (χ2n) is 5.13. The Balaban J connectivity index is 2.34. The van der Waals surface area contributed by atoms with E-state index in [1.165, 1.54) is 36.0 Å². The first-order valence-electron chi connectivity index (χ1n) is 6.87. The lowest BCUT2D eigenvalue weighted by atomic mass is 9.93. The van der Waals surface area contributed by atoms with Crippen molar-refractivity contribution in [3.8, 4) is 0 Å². The number of ether oxygens (including phenoxy) is 1. The quantitative estimate of drug-likeness (QED) is 0.715. The predicted octanol–water partition coefficient (Wildman–Crippen LogP) is 2.48. The number of carbonyl (C=O) groups is 2. The van der Waals surface area contributed by atoms with Gasteiger partial charge in [0, 0.05) is 12.7 Å². The summed E-state index contributed by atoms with van der Waals surface area (Å²) in [7, 11) is 1.24. The van der Waals surface area contributed by atoms with Crippen LogP contribution in [0.2, 0.25) is 0 Å². The summed E-state index contributed by atoms with van der Waals surface area (Å²) in [6.45, 7) is -0.131. The second-order valence-corrected chi connectivity index (χ2v) is 6.11. The number of methoxy groups -OCH3 is 1. The summed E-state index contributed by atoms with van der Waals surface area (Å²) in [5.41, 5.74) is -0.916. The van der Waals surface area contributed by atoms with Crippen LogP contribution in [-0.2, 0) is 14.3 Å². The molecule has 126 valence electrons. The third kappa shape index (κ3) is 3.63. The van der Waals surface area contributed by atoms with E-state index < -0.39 is 29.5 Å². The second kappa shape index (κ2) is 6.82. The Hall–Kier alpha value is -1.70. The van der Waals surface area contributed by atoms with Crippen LogP contribution < -0.4 is 0 Å². The van der Waals surface area contributed by atoms with Crippen LogP contribution in [0.25, 0.3) is 0 Å². The van der Waals surface area contributed by atoms with E-state index in [4.69, 9.17) is 4.74 Å². The molecule has 8 heteroatoms. The van der Waals surface area contributed by atoms with Crippen LogP contribution in [0.1, 0.15) is 6.42 Å². The van der Waals surface area contributed by atoms with Gasteiger partial charge in [0.25, 0.3) is 0 Å². The van der Waals surface area contributed by atoms with Crippen LogP contribution >= 0.6 is 11.8 Å². The number of allylic oxidation sites excluding steroid dienone is 3. The average Bonchev–Trinajstić information content (AvgIpc) is 2.89. The third-order valence-electron chi connectivity index (χ3n) is 3.71. The number of carbonyl (C=O) groups excluding carboxylic acids is 2. The van der Waals surface area contributed by atoms with Gasteiger partial charge in [0.05, 0.1) is 7.11 Å². The van der Waals surface area contributed by atoms with Crippen molar-refractivity contribution in [1.82, 2.24) is 4.90 Å². The summed E-state index contributed by atoms with van der Waals surface area (Å²) >= 11 is 1.53. The SMILES string of the molecule is COC(=O)[C@H](CCSC)N1C=C2C=CC(=O)C(C(F)(F)F)=C2C1. The number of hydrogen-bond donors (Lipinski definition) is 0. The monoisotopic (exact) mass is 347 g/mol. The van der Waals surface area contributed by atoms with Crippen molar-refractivity contribution >= 4 is 23.5 Å². The van der Waals surface area contributed by atoms with Gasteiger partial charge in [-0.2, -0.15) is 24.9 Å². The Morgan fingerprint density at radius 2 is 2.13 bits per heavy atom. The van der Waals surface area contributed by atoms with Gasteiger partial charge in [-0.1, -0.05) is 0 Å². The fourth-order valence-corrected chi connectivity index (χ4v) is 3.10. The van der Waals surface area contributed by atoms with Gasteiger partial charge < -0.3 is 9.64 Å². The highest BCUT2D eigenvalue weighted by Gasteiger charge is 2.44. The lowest BCUT2D eigenvalue weighted by molar-refractivity contribution is -0.145. The highest BCUT2D eigenvalue weighted by Crippen LogP contribution is 2.38. The number of rotatable bonds is 5. The summed E-state index contributed by atoms with van der Waals surface area (Å²) < 4.78 is 44.1. The molecule has 0 saturated carbocycles. The van der Waals surface area contributed by atoms with Crippen LogP contribution in [-0.4, -0.2) is 54.5 Å². The van der Waals surface area contributed by atoms with Gasteiger partial charge in [0.2, 0.25) is 0 Å². The molecular weight excluding hydrogens is 331 g/mol. The van der Waals surface area contributed by atoms with Gasteiger partial charge in [-0.15, -0.1) is 0 Å². The molecule has 1 aliphatic heterocycles. The molecule has 0 amide bonds. The number of fused-ring (bicyclic) bond motifs is 1. The van der Waals surface area contributed by atoms with E-state index in [1.807, 2.05) is 6.26 Å².